The van der Waals surface area contributed by atoms with Gasteiger partial charge in [-0.25, -0.2) is 4.79 Å². The number of carboxylic acids is 1. The molecule has 0 bridgehead atoms. The molecule has 1 atom stereocenters. The number of hydrogen-bond acceptors (Lipinski definition) is 3. The number of rotatable bonds is 4. The number of aromatic nitrogens is 2. The number of nitrogens with zero attached hydrogens (tertiary/aromatic N) is 2. The van der Waals surface area contributed by atoms with Gasteiger partial charge in [-0.2, -0.15) is 4.98 Å². The molecule has 1 saturated carbocycles. The molecule has 0 aliphatic heterocycles. The van der Waals surface area contributed by atoms with Gasteiger partial charge in [-0.15, -0.1) is 0 Å². The van der Waals surface area contributed by atoms with Gasteiger partial charge in [-0.1, -0.05) is 13.3 Å². The lowest BCUT2D eigenvalue weighted by Gasteiger charge is -2.39. The first-order chi connectivity index (χ1) is 9.25. The van der Waals surface area contributed by atoms with E-state index in [0.29, 0.717) is 17.8 Å². The minimum Gasteiger partial charge on any atom is -0.481 e. The smallest absolute Gasteiger partial charge is 0.347 e. The third kappa shape index (κ3) is 2.49. The Kier molecular flexibility index (Phi) is 3.71. The zero-order valence-electron chi connectivity index (χ0n) is 12.6. The molecule has 2 rings (SSSR count). The molecule has 1 fully saturated rings. The maximum absolute atomic E-state index is 12.1. The standard InChI is InChI=1S/C15H22N2O3/c1-9(13(18)19)12-10(2)16-14(20)17(11(12)3)8-15(4)6-5-7-15/h9H,5-8H2,1-4H3,(H,18,19). The Balaban J connectivity index is 2.49. The molecular weight excluding hydrogens is 256 g/mol. The van der Waals surface area contributed by atoms with Gasteiger partial charge in [0.1, 0.15) is 0 Å². The summed E-state index contributed by atoms with van der Waals surface area (Å²) in [4.78, 5) is 27.4. The molecule has 110 valence electrons. The first-order valence-electron chi connectivity index (χ1n) is 7.06. The Bertz CT molecular complexity index is 600. The molecular formula is C15H22N2O3. The van der Waals surface area contributed by atoms with Crippen LogP contribution in [0, 0.1) is 19.3 Å². The molecule has 5 nitrogen and oxygen atoms in total. The van der Waals surface area contributed by atoms with Gasteiger partial charge < -0.3 is 5.11 Å². The summed E-state index contributed by atoms with van der Waals surface area (Å²) in [5, 5.41) is 9.22. The summed E-state index contributed by atoms with van der Waals surface area (Å²) in [6, 6.07) is 0. The first-order valence-corrected chi connectivity index (χ1v) is 7.06. The summed E-state index contributed by atoms with van der Waals surface area (Å²) in [5.74, 6) is -1.54. The molecule has 1 aliphatic carbocycles. The normalized spacial score (nSPS) is 18.4. The third-order valence-corrected chi connectivity index (χ3v) is 4.58. The lowest BCUT2D eigenvalue weighted by Crippen LogP contribution is -2.38. The van der Waals surface area contributed by atoms with Crippen LogP contribution in [0.5, 0.6) is 0 Å². The van der Waals surface area contributed by atoms with E-state index in [0.717, 1.165) is 18.5 Å². The SMILES string of the molecule is Cc1nc(=O)n(CC2(C)CCC2)c(C)c1C(C)C(=O)O. The lowest BCUT2D eigenvalue weighted by molar-refractivity contribution is -0.138. The van der Waals surface area contributed by atoms with Crippen molar-refractivity contribution in [2.75, 3.05) is 0 Å². The van der Waals surface area contributed by atoms with Crippen molar-refractivity contribution in [1.29, 1.82) is 0 Å². The Morgan fingerprint density at radius 1 is 1.45 bits per heavy atom. The van der Waals surface area contributed by atoms with Gasteiger partial charge in [-0.05, 0) is 39.0 Å². The number of aliphatic carboxylic acids is 1. The second-order valence-corrected chi connectivity index (χ2v) is 6.29. The maximum atomic E-state index is 12.1. The number of aryl methyl sites for hydroxylation is 1. The maximum Gasteiger partial charge on any atom is 0.347 e. The number of carbonyl (C=O) groups is 1. The molecule has 0 aromatic carbocycles. The van der Waals surface area contributed by atoms with Crippen LogP contribution < -0.4 is 5.69 Å². The van der Waals surface area contributed by atoms with Crippen LogP contribution in [-0.2, 0) is 11.3 Å². The predicted octanol–water partition coefficient (Wildman–Crippen LogP) is 2.24. The van der Waals surface area contributed by atoms with Gasteiger partial charge in [-0.3, -0.25) is 9.36 Å². The van der Waals surface area contributed by atoms with Crippen LogP contribution in [0.25, 0.3) is 0 Å². The van der Waals surface area contributed by atoms with Crippen LogP contribution in [0.3, 0.4) is 0 Å². The van der Waals surface area contributed by atoms with E-state index in [1.807, 2.05) is 6.92 Å². The fraction of sp³-hybridized carbons (Fsp3) is 0.667. The van der Waals surface area contributed by atoms with E-state index in [-0.39, 0.29) is 11.1 Å². The van der Waals surface area contributed by atoms with Gasteiger partial charge >= 0.3 is 11.7 Å². The van der Waals surface area contributed by atoms with Crippen LogP contribution in [-0.4, -0.2) is 20.6 Å². The molecule has 1 aromatic heterocycles. The molecule has 1 aromatic rings. The molecule has 1 aliphatic rings. The van der Waals surface area contributed by atoms with Gasteiger partial charge in [0, 0.05) is 23.5 Å². The topological polar surface area (TPSA) is 72.2 Å². The Morgan fingerprint density at radius 3 is 2.50 bits per heavy atom. The van der Waals surface area contributed by atoms with Crippen molar-refractivity contribution in [1.82, 2.24) is 9.55 Å². The number of carboxylic acid groups (broad SMARTS) is 1. The van der Waals surface area contributed by atoms with Crippen LogP contribution in [0.4, 0.5) is 0 Å². The number of hydrogen-bond donors (Lipinski definition) is 1. The van der Waals surface area contributed by atoms with Crippen molar-refractivity contribution in [3.63, 3.8) is 0 Å². The summed E-state index contributed by atoms with van der Waals surface area (Å²) in [6.45, 7) is 7.97. The second-order valence-electron chi connectivity index (χ2n) is 6.29. The van der Waals surface area contributed by atoms with Gasteiger partial charge in [0.25, 0.3) is 0 Å². The van der Waals surface area contributed by atoms with Crippen LogP contribution in [0.1, 0.15) is 56.0 Å². The van der Waals surface area contributed by atoms with E-state index in [1.54, 1.807) is 18.4 Å². The molecule has 1 unspecified atom stereocenters. The lowest BCUT2D eigenvalue weighted by atomic mass is 9.70. The zero-order valence-corrected chi connectivity index (χ0v) is 12.6. The summed E-state index contributed by atoms with van der Waals surface area (Å²) in [5.41, 5.74) is 1.81. The molecule has 0 spiro atoms. The Morgan fingerprint density at radius 2 is 2.05 bits per heavy atom. The van der Waals surface area contributed by atoms with Crippen molar-refractivity contribution < 1.29 is 9.90 Å². The largest absolute Gasteiger partial charge is 0.481 e. The Labute approximate surface area is 118 Å². The van der Waals surface area contributed by atoms with E-state index >= 15 is 0 Å². The molecule has 0 amide bonds. The van der Waals surface area contributed by atoms with E-state index in [9.17, 15) is 14.7 Å². The average molecular weight is 278 g/mol. The minimum atomic E-state index is -0.891. The van der Waals surface area contributed by atoms with Crippen molar-refractivity contribution >= 4 is 5.97 Å². The van der Waals surface area contributed by atoms with Crippen molar-refractivity contribution in [2.24, 2.45) is 5.41 Å². The fourth-order valence-corrected chi connectivity index (χ4v) is 3.07. The first kappa shape index (κ1) is 14.8. The predicted molar refractivity (Wildman–Crippen MR) is 76.0 cm³/mol. The Hall–Kier alpha value is -1.65. The highest BCUT2D eigenvalue weighted by Gasteiger charge is 2.33. The molecule has 20 heavy (non-hydrogen) atoms. The van der Waals surface area contributed by atoms with E-state index in [2.05, 4.69) is 11.9 Å². The monoisotopic (exact) mass is 278 g/mol. The minimum absolute atomic E-state index is 0.148. The summed E-state index contributed by atoms with van der Waals surface area (Å²) < 4.78 is 1.65. The van der Waals surface area contributed by atoms with Crippen molar-refractivity contribution in [3.8, 4) is 0 Å². The quantitative estimate of drug-likeness (QED) is 0.916. The van der Waals surface area contributed by atoms with E-state index < -0.39 is 11.9 Å². The molecule has 0 radical (unpaired) electrons. The van der Waals surface area contributed by atoms with Crippen LogP contribution >= 0.6 is 0 Å². The van der Waals surface area contributed by atoms with Crippen molar-refractivity contribution in [3.05, 3.63) is 27.4 Å². The van der Waals surface area contributed by atoms with Crippen LogP contribution in [0.15, 0.2) is 4.79 Å². The highest BCUT2D eigenvalue weighted by molar-refractivity contribution is 5.76. The summed E-state index contributed by atoms with van der Waals surface area (Å²) >= 11 is 0. The van der Waals surface area contributed by atoms with Gasteiger partial charge in [0.15, 0.2) is 0 Å². The molecule has 1 heterocycles. The highest BCUT2D eigenvalue weighted by atomic mass is 16.4. The van der Waals surface area contributed by atoms with Gasteiger partial charge in [0.05, 0.1) is 5.92 Å². The van der Waals surface area contributed by atoms with E-state index in [1.165, 1.54) is 6.42 Å². The average Bonchev–Trinajstić information content (AvgIpc) is 2.31. The molecule has 1 N–H and O–H groups in total. The van der Waals surface area contributed by atoms with Crippen LogP contribution in [0.2, 0.25) is 0 Å². The summed E-state index contributed by atoms with van der Waals surface area (Å²) in [7, 11) is 0. The van der Waals surface area contributed by atoms with E-state index in [4.69, 9.17) is 0 Å². The second kappa shape index (κ2) is 5.04. The summed E-state index contributed by atoms with van der Waals surface area (Å²) in [6.07, 6.45) is 3.41. The zero-order chi connectivity index (χ0) is 15.1. The van der Waals surface area contributed by atoms with Gasteiger partial charge in [0.2, 0.25) is 0 Å². The highest BCUT2D eigenvalue weighted by Crippen LogP contribution is 2.41. The molecule has 0 saturated heterocycles. The molecule has 5 heteroatoms. The fourth-order valence-electron chi connectivity index (χ4n) is 3.07. The third-order valence-electron chi connectivity index (χ3n) is 4.58. The van der Waals surface area contributed by atoms with Crippen molar-refractivity contribution in [2.45, 2.75) is 59.4 Å².